The number of nitrogens with zero attached hydrogens (tertiary/aromatic N) is 5. The molecule has 0 atom stereocenters. The van der Waals surface area contributed by atoms with E-state index in [2.05, 4.69) is 37.4 Å². The molecule has 2 aromatic heterocycles. The van der Waals surface area contributed by atoms with E-state index in [-0.39, 0.29) is 5.69 Å². The van der Waals surface area contributed by atoms with Crippen LogP contribution in [0.2, 0.25) is 0 Å². The van der Waals surface area contributed by atoms with Gasteiger partial charge in [-0.05, 0) is 69.7 Å². The number of aromatic nitrogens is 5. The quantitative estimate of drug-likeness (QED) is 0.640. The topological polar surface area (TPSA) is 74.8 Å². The number of tetrazole rings is 1. The third kappa shape index (κ3) is 3.16. The molecule has 0 bridgehead atoms. The second-order valence-corrected chi connectivity index (χ2v) is 7.28. The molecule has 1 aliphatic rings. The van der Waals surface area contributed by atoms with Crippen LogP contribution in [0.3, 0.4) is 0 Å². The van der Waals surface area contributed by atoms with E-state index >= 15 is 0 Å². The van der Waals surface area contributed by atoms with Gasteiger partial charge in [-0.1, -0.05) is 12.1 Å². The van der Waals surface area contributed by atoms with Crippen molar-refractivity contribution in [3.05, 3.63) is 62.1 Å². The summed E-state index contributed by atoms with van der Waals surface area (Å²) in [6.45, 7) is 2.23. The second-order valence-electron chi connectivity index (χ2n) is 6.42. The summed E-state index contributed by atoms with van der Waals surface area (Å²) in [5, 5.41) is 7.81. The van der Waals surface area contributed by atoms with Gasteiger partial charge in [-0.15, -0.1) is 0 Å². The summed E-state index contributed by atoms with van der Waals surface area (Å²) >= 11 is 3.44. The zero-order chi connectivity index (χ0) is 18.3. The molecule has 0 spiro atoms. The van der Waals surface area contributed by atoms with E-state index in [0.717, 1.165) is 28.6 Å². The number of rotatable bonds is 5. The molecule has 4 rings (SSSR count). The highest BCUT2D eigenvalue weighted by molar-refractivity contribution is 9.10. The number of pyridine rings is 1. The van der Waals surface area contributed by atoms with Crippen LogP contribution in [-0.2, 0) is 13.7 Å². The fourth-order valence-corrected chi connectivity index (χ4v) is 3.16. The number of hydrogen-bond donors (Lipinski definition) is 0. The highest BCUT2D eigenvalue weighted by Gasteiger charge is 2.28. The first-order valence-electron chi connectivity index (χ1n) is 8.41. The second kappa shape index (κ2) is 6.68. The highest BCUT2D eigenvalue weighted by Crippen LogP contribution is 2.43. The Bertz CT molecular complexity index is 1020. The molecule has 0 amide bonds. The van der Waals surface area contributed by atoms with E-state index in [1.807, 2.05) is 31.2 Å². The first-order valence-corrected chi connectivity index (χ1v) is 9.21. The average molecular weight is 416 g/mol. The van der Waals surface area contributed by atoms with Gasteiger partial charge in [-0.25, -0.2) is 9.78 Å². The standard InChI is InChI=1S/C18H18BrN5O2/c1-11-15(19)8-9-17(20-11)26-10-14-13(12-6-7-12)4-3-5-16(14)24-18(25)23(2)21-22-24/h3-5,8-9,12H,6-7,10H2,1-2H3. The van der Waals surface area contributed by atoms with Crippen LogP contribution in [0.1, 0.15) is 35.6 Å². The van der Waals surface area contributed by atoms with E-state index in [1.165, 1.54) is 14.9 Å². The van der Waals surface area contributed by atoms with Crippen molar-refractivity contribution in [3.8, 4) is 11.6 Å². The molecule has 0 unspecified atom stereocenters. The van der Waals surface area contributed by atoms with Crippen molar-refractivity contribution in [2.45, 2.75) is 32.3 Å². The van der Waals surface area contributed by atoms with Gasteiger partial charge in [-0.2, -0.15) is 9.36 Å². The predicted octanol–water partition coefficient (Wildman–Crippen LogP) is 2.89. The Morgan fingerprint density at radius 1 is 1.23 bits per heavy atom. The number of halogens is 1. The molecular formula is C18H18BrN5O2. The molecule has 0 N–H and O–H groups in total. The smallest absolute Gasteiger partial charge is 0.368 e. The Kier molecular flexibility index (Phi) is 4.36. The summed E-state index contributed by atoms with van der Waals surface area (Å²) in [4.78, 5) is 16.7. The van der Waals surface area contributed by atoms with E-state index in [9.17, 15) is 4.79 Å². The van der Waals surface area contributed by atoms with Crippen LogP contribution in [0.4, 0.5) is 0 Å². The van der Waals surface area contributed by atoms with E-state index < -0.39 is 0 Å². The van der Waals surface area contributed by atoms with E-state index in [1.54, 1.807) is 7.05 Å². The maximum absolute atomic E-state index is 12.3. The molecule has 2 heterocycles. The minimum absolute atomic E-state index is 0.281. The molecule has 0 aliphatic heterocycles. The fraction of sp³-hybridized carbons (Fsp3) is 0.333. The van der Waals surface area contributed by atoms with Crippen molar-refractivity contribution in [1.29, 1.82) is 0 Å². The molecule has 7 nitrogen and oxygen atoms in total. The zero-order valence-electron chi connectivity index (χ0n) is 14.5. The Morgan fingerprint density at radius 3 is 2.69 bits per heavy atom. The van der Waals surface area contributed by atoms with Crippen LogP contribution in [-0.4, -0.2) is 24.8 Å². The number of hydrogen-bond acceptors (Lipinski definition) is 5. The van der Waals surface area contributed by atoms with Gasteiger partial charge in [0.15, 0.2) is 0 Å². The summed E-state index contributed by atoms with van der Waals surface area (Å²) < 4.78 is 9.43. The average Bonchev–Trinajstić information content (AvgIpc) is 3.42. The molecule has 1 aromatic carbocycles. The lowest BCUT2D eigenvalue weighted by Gasteiger charge is -2.14. The Hall–Kier alpha value is -2.48. The van der Waals surface area contributed by atoms with Crippen molar-refractivity contribution in [1.82, 2.24) is 24.8 Å². The van der Waals surface area contributed by atoms with E-state index in [0.29, 0.717) is 24.1 Å². The van der Waals surface area contributed by atoms with Crippen LogP contribution in [0.25, 0.3) is 5.69 Å². The van der Waals surface area contributed by atoms with Gasteiger partial charge < -0.3 is 4.74 Å². The molecule has 3 aromatic rings. The Labute approximate surface area is 158 Å². The van der Waals surface area contributed by atoms with Crippen LogP contribution in [0.5, 0.6) is 5.88 Å². The fourth-order valence-electron chi connectivity index (χ4n) is 2.94. The first kappa shape index (κ1) is 17.0. The molecule has 8 heteroatoms. The first-order chi connectivity index (χ1) is 12.5. The van der Waals surface area contributed by atoms with E-state index in [4.69, 9.17) is 4.74 Å². The monoisotopic (exact) mass is 415 g/mol. The van der Waals surface area contributed by atoms with Crippen molar-refractivity contribution in [2.75, 3.05) is 0 Å². The SMILES string of the molecule is Cc1nc(OCc2c(C3CC3)cccc2-n2nnn(C)c2=O)ccc1Br. The minimum atomic E-state index is -0.281. The summed E-state index contributed by atoms with van der Waals surface area (Å²) in [5.41, 5.74) is 3.45. The lowest BCUT2D eigenvalue weighted by molar-refractivity contribution is 0.291. The molecule has 0 saturated heterocycles. The summed E-state index contributed by atoms with van der Waals surface area (Å²) in [6.07, 6.45) is 2.31. The zero-order valence-corrected chi connectivity index (χ0v) is 16.1. The van der Waals surface area contributed by atoms with Gasteiger partial charge >= 0.3 is 5.69 Å². The largest absolute Gasteiger partial charge is 0.473 e. The lowest BCUT2D eigenvalue weighted by atomic mass is 10.0. The Morgan fingerprint density at radius 2 is 2.04 bits per heavy atom. The predicted molar refractivity (Wildman–Crippen MR) is 99.6 cm³/mol. The van der Waals surface area contributed by atoms with Gasteiger partial charge in [0, 0.05) is 23.2 Å². The lowest BCUT2D eigenvalue weighted by Crippen LogP contribution is -2.23. The van der Waals surface area contributed by atoms with Crippen molar-refractivity contribution in [2.24, 2.45) is 7.05 Å². The molecule has 1 aliphatic carbocycles. The Balaban J connectivity index is 1.72. The number of aryl methyl sites for hydroxylation is 2. The molecule has 134 valence electrons. The third-order valence-corrected chi connectivity index (χ3v) is 5.35. The van der Waals surface area contributed by atoms with Gasteiger partial charge in [-0.3, -0.25) is 0 Å². The van der Waals surface area contributed by atoms with Gasteiger partial charge in [0.2, 0.25) is 5.88 Å². The normalized spacial score (nSPS) is 13.8. The highest BCUT2D eigenvalue weighted by atomic mass is 79.9. The van der Waals surface area contributed by atoms with Crippen LogP contribution in [0, 0.1) is 6.92 Å². The van der Waals surface area contributed by atoms with Crippen LogP contribution >= 0.6 is 15.9 Å². The molecule has 26 heavy (non-hydrogen) atoms. The molecular weight excluding hydrogens is 398 g/mol. The van der Waals surface area contributed by atoms with Crippen LogP contribution < -0.4 is 10.4 Å². The maximum atomic E-state index is 12.3. The van der Waals surface area contributed by atoms with Crippen molar-refractivity contribution >= 4 is 15.9 Å². The molecule has 1 saturated carbocycles. The summed E-state index contributed by atoms with van der Waals surface area (Å²) in [6, 6.07) is 9.67. The summed E-state index contributed by atoms with van der Waals surface area (Å²) in [5.74, 6) is 1.06. The minimum Gasteiger partial charge on any atom is -0.473 e. The van der Waals surface area contributed by atoms with Crippen molar-refractivity contribution in [3.63, 3.8) is 0 Å². The van der Waals surface area contributed by atoms with Gasteiger partial charge in [0.1, 0.15) is 6.61 Å². The van der Waals surface area contributed by atoms with Crippen LogP contribution in [0.15, 0.2) is 39.6 Å². The molecule has 1 fully saturated rings. The maximum Gasteiger partial charge on any atom is 0.368 e. The third-order valence-electron chi connectivity index (χ3n) is 4.51. The summed E-state index contributed by atoms with van der Waals surface area (Å²) in [7, 11) is 1.58. The number of benzene rings is 1. The van der Waals surface area contributed by atoms with Gasteiger partial charge in [0.25, 0.3) is 0 Å². The molecule has 0 radical (unpaired) electrons. The van der Waals surface area contributed by atoms with Crippen molar-refractivity contribution < 1.29 is 4.74 Å². The number of ether oxygens (including phenoxy) is 1. The van der Waals surface area contributed by atoms with Gasteiger partial charge in [0.05, 0.1) is 11.4 Å².